The van der Waals surface area contributed by atoms with E-state index in [0.29, 0.717) is 5.69 Å². The van der Waals surface area contributed by atoms with Crippen LogP contribution in [0.4, 0.5) is 11.4 Å². The number of nitro benzene ring substituents is 1. The Morgan fingerprint density at radius 3 is 2.33 bits per heavy atom. The van der Waals surface area contributed by atoms with Gasteiger partial charge in [0.15, 0.2) is 9.84 Å². The molecule has 2 aromatic rings. The largest absolute Gasteiger partial charge is 0.322 e. The van der Waals surface area contributed by atoms with E-state index in [0.717, 1.165) is 29.5 Å². The Kier molecular flexibility index (Phi) is 4.70. The normalized spacial score (nSPS) is 11.1. The van der Waals surface area contributed by atoms with Gasteiger partial charge in [0, 0.05) is 23.6 Å². The molecule has 0 fully saturated rings. The highest BCUT2D eigenvalue weighted by Gasteiger charge is 2.24. The van der Waals surface area contributed by atoms with Crippen molar-refractivity contribution in [2.45, 2.75) is 18.7 Å². The summed E-state index contributed by atoms with van der Waals surface area (Å²) in [6.07, 6.45) is 0.880. The van der Waals surface area contributed by atoms with E-state index in [1.54, 1.807) is 6.07 Å². The van der Waals surface area contributed by atoms with Crippen LogP contribution in [-0.2, 0) is 9.84 Å². The third-order valence-corrected chi connectivity index (χ3v) is 4.59. The van der Waals surface area contributed by atoms with Crippen LogP contribution in [-0.4, -0.2) is 25.5 Å². The van der Waals surface area contributed by atoms with E-state index in [1.165, 1.54) is 6.07 Å². The zero-order chi connectivity index (χ0) is 18.1. The van der Waals surface area contributed by atoms with Crippen LogP contribution in [0.5, 0.6) is 0 Å². The standard InChI is InChI=1S/C16H16N2O5S/c1-10-4-6-13(11(2)8-10)17-16(19)12-5-7-15(24(3,22)23)14(9-12)18(20)21/h4-9H,1-3H3,(H,17,19). The number of nitrogens with one attached hydrogen (secondary N) is 1. The predicted octanol–water partition coefficient (Wildman–Crippen LogP) is 2.87. The number of nitrogens with zero attached hydrogens (tertiary/aromatic N) is 1. The first-order valence-electron chi connectivity index (χ1n) is 6.96. The topological polar surface area (TPSA) is 106 Å². The molecule has 2 aromatic carbocycles. The van der Waals surface area contributed by atoms with Crippen LogP contribution in [0.1, 0.15) is 21.5 Å². The minimum Gasteiger partial charge on any atom is -0.322 e. The summed E-state index contributed by atoms with van der Waals surface area (Å²) in [5, 5.41) is 13.8. The summed E-state index contributed by atoms with van der Waals surface area (Å²) in [7, 11) is -3.76. The fourth-order valence-electron chi connectivity index (χ4n) is 2.26. The van der Waals surface area contributed by atoms with Crippen molar-refractivity contribution in [2.75, 3.05) is 11.6 Å². The highest BCUT2D eigenvalue weighted by atomic mass is 32.2. The monoisotopic (exact) mass is 348 g/mol. The Balaban J connectivity index is 2.40. The van der Waals surface area contributed by atoms with Crippen molar-refractivity contribution in [1.82, 2.24) is 0 Å². The molecule has 0 atom stereocenters. The number of carbonyl (C=O) groups excluding carboxylic acids is 1. The lowest BCUT2D eigenvalue weighted by molar-refractivity contribution is -0.387. The summed E-state index contributed by atoms with van der Waals surface area (Å²) in [5.41, 5.74) is 1.87. The minimum absolute atomic E-state index is 0.00840. The highest BCUT2D eigenvalue weighted by Crippen LogP contribution is 2.26. The summed E-state index contributed by atoms with van der Waals surface area (Å²) >= 11 is 0. The molecule has 0 radical (unpaired) electrons. The second kappa shape index (κ2) is 6.40. The molecule has 0 saturated heterocycles. The second-order valence-corrected chi connectivity index (χ2v) is 7.47. The maximum atomic E-state index is 12.3. The van der Waals surface area contributed by atoms with Crippen LogP contribution >= 0.6 is 0 Å². The summed E-state index contributed by atoms with van der Waals surface area (Å²) in [6, 6.07) is 8.76. The molecule has 0 heterocycles. The zero-order valence-electron chi connectivity index (χ0n) is 13.4. The predicted molar refractivity (Wildman–Crippen MR) is 90.1 cm³/mol. The van der Waals surface area contributed by atoms with E-state index in [4.69, 9.17) is 0 Å². The number of rotatable bonds is 4. The lowest BCUT2D eigenvalue weighted by Gasteiger charge is -2.10. The van der Waals surface area contributed by atoms with Crippen molar-refractivity contribution >= 4 is 27.1 Å². The van der Waals surface area contributed by atoms with Crippen LogP contribution in [0.3, 0.4) is 0 Å². The SMILES string of the molecule is Cc1ccc(NC(=O)c2ccc(S(C)(=O)=O)c([N+](=O)[O-])c2)c(C)c1. The maximum absolute atomic E-state index is 12.3. The van der Waals surface area contributed by atoms with Gasteiger partial charge < -0.3 is 5.32 Å². The van der Waals surface area contributed by atoms with Gasteiger partial charge in [-0.05, 0) is 37.6 Å². The van der Waals surface area contributed by atoms with Gasteiger partial charge in [-0.1, -0.05) is 17.7 Å². The van der Waals surface area contributed by atoms with Crippen LogP contribution in [0.15, 0.2) is 41.3 Å². The number of benzene rings is 2. The van der Waals surface area contributed by atoms with E-state index in [2.05, 4.69) is 5.32 Å². The average Bonchev–Trinajstić information content (AvgIpc) is 2.48. The Labute approximate surface area is 139 Å². The molecule has 0 spiro atoms. The van der Waals surface area contributed by atoms with Crippen molar-refractivity contribution < 1.29 is 18.1 Å². The van der Waals surface area contributed by atoms with Crippen LogP contribution in [0.25, 0.3) is 0 Å². The van der Waals surface area contributed by atoms with Crippen molar-refractivity contribution in [1.29, 1.82) is 0 Å². The number of hydrogen-bond acceptors (Lipinski definition) is 5. The third-order valence-electron chi connectivity index (χ3n) is 3.45. The molecule has 1 N–H and O–H groups in total. The number of amides is 1. The molecule has 0 aliphatic carbocycles. The van der Waals surface area contributed by atoms with Gasteiger partial charge in [-0.15, -0.1) is 0 Å². The van der Waals surface area contributed by atoms with Gasteiger partial charge in [0.2, 0.25) is 0 Å². The van der Waals surface area contributed by atoms with Crippen molar-refractivity contribution in [3.8, 4) is 0 Å². The molecule has 0 aromatic heterocycles. The first kappa shape index (κ1) is 17.6. The number of carbonyl (C=O) groups is 1. The van der Waals surface area contributed by atoms with E-state index in [-0.39, 0.29) is 5.56 Å². The second-order valence-electron chi connectivity index (χ2n) is 5.48. The smallest absolute Gasteiger partial charge is 0.288 e. The first-order chi connectivity index (χ1) is 11.1. The molecule has 8 heteroatoms. The highest BCUT2D eigenvalue weighted by molar-refractivity contribution is 7.90. The van der Waals surface area contributed by atoms with Gasteiger partial charge in [0.1, 0.15) is 4.90 Å². The number of anilines is 1. The van der Waals surface area contributed by atoms with Crippen molar-refractivity contribution in [3.05, 3.63) is 63.2 Å². The molecule has 126 valence electrons. The maximum Gasteiger partial charge on any atom is 0.288 e. The van der Waals surface area contributed by atoms with Crippen LogP contribution in [0, 0.1) is 24.0 Å². The van der Waals surface area contributed by atoms with Gasteiger partial charge in [-0.3, -0.25) is 14.9 Å². The van der Waals surface area contributed by atoms with Gasteiger partial charge in [-0.25, -0.2) is 8.42 Å². The molecular formula is C16H16N2O5S. The van der Waals surface area contributed by atoms with Gasteiger partial charge >= 0.3 is 0 Å². The first-order valence-corrected chi connectivity index (χ1v) is 8.86. The van der Waals surface area contributed by atoms with Crippen LogP contribution in [0.2, 0.25) is 0 Å². The summed E-state index contributed by atoms with van der Waals surface area (Å²) in [6.45, 7) is 3.75. The summed E-state index contributed by atoms with van der Waals surface area (Å²) in [5.74, 6) is -0.551. The Morgan fingerprint density at radius 2 is 1.79 bits per heavy atom. The molecule has 0 saturated carbocycles. The van der Waals surface area contributed by atoms with E-state index < -0.39 is 31.3 Å². The number of aryl methyl sites for hydroxylation is 2. The fourth-order valence-corrected chi connectivity index (χ4v) is 3.09. The van der Waals surface area contributed by atoms with Gasteiger partial charge in [-0.2, -0.15) is 0 Å². The van der Waals surface area contributed by atoms with Gasteiger partial charge in [0.25, 0.3) is 11.6 Å². The third kappa shape index (κ3) is 3.77. The Hall–Kier alpha value is -2.74. The van der Waals surface area contributed by atoms with Crippen LogP contribution < -0.4 is 5.32 Å². The quantitative estimate of drug-likeness (QED) is 0.675. The summed E-state index contributed by atoms with van der Waals surface area (Å²) in [4.78, 5) is 22.2. The van der Waals surface area contributed by atoms with Gasteiger partial charge in [0.05, 0.1) is 4.92 Å². The Morgan fingerprint density at radius 1 is 1.12 bits per heavy atom. The summed E-state index contributed by atoms with van der Waals surface area (Å²) < 4.78 is 23.2. The van der Waals surface area contributed by atoms with Crippen molar-refractivity contribution in [2.24, 2.45) is 0 Å². The van der Waals surface area contributed by atoms with E-state index in [9.17, 15) is 23.3 Å². The molecule has 0 bridgehead atoms. The fraction of sp³-hybridized carbons (Fsp3) is 0.188. The number of hydrogen-bond donors (Lipinski definition) is 1. The average molecular weight is 348 g/mol. The molecular weight excluding hydrogens is 332 g/mol. The number of nitro groups is 1. The lowest BCUT2D eigenvalue weighted by Crippen LogP contribution is -2.14. The molecule has 7 nitrogen and oxygen atoms in total. The molecule has 1 amide bonds. The van der Waals surface area contributed by atoms with E-state index in [1.807, 2.05) is 26.0 Å². The molecule has 24 heavy (non-hydrogen) atoms. The Bertz CT molecular complexity index is 935. The number of sulfone groups is 1. The minimum atomic E-state index is -3.76. The molecule has 2 rings (SSSR count). The zero-order valence-corrected chi connectivity index (χ0v) is 14.2. The van der Waals surface area contributed by atoms with Crippen molar-refractivity contribution in [3.63, 3.8) is 0 Å². The lowest BCUT2D eigenvalue weighted by atomic mass is 10.1. The molecule has 0 unspecified atom stereocenters. The molecule has 0 aliphatic heterocycles. The molecule has 0 aliphatic rings. The van der Waals surface area contributed by atoms with E-state index >= 15 is 0 Å².